The summed E-state index contributed by atoms with van der Waals surface area (Å²) in [4.78, 5) is 27.7. The van der Waals surface area contributed by atoms with Gasteiger partial charge in [0.15, 0.2) is 0 Å². The van der Waals surface area contributed by atoms with Gasteiger partial charge in [0, 0.05) is 10.6 Å². The zero-order valence-corrected chi connectivity index (χ0v) is 19.3. The fraction of sp³-hybridized carbons (Fsp3) is 0.520. The van der Waals surface area contributed by atoms with E-state index in [2.05, 4.69) is 19.1 Å². The van der Waals surface area contributed by atoms with Crippen LogP contribution in [0.2, 0.25) is 0 Å². The van der Waals surface area contributed by atoms with E-state index in [-0.39, 0.29) is 24.3 Å². The first-order chi connectivity index (χ1) is 15.0. The van der Waals surface area contributed by atoms with Crippen molar-refractivity contribution in [3.05, 3.63) is 51.7 Å². The average Bonchev–Trinajstić information content (AvgIpc) is 3.35. The fourth-order valence-electron chi connectivity index (χ4n) is 4.21. The number of ether oxygens (including phenoxy) is 1. The number of hydrogen-bond acceptors (Lipinski definition) is 5. The van der Waals surface area contributed by atoms with Crippen LogP contribution in [0, 0.1) is 0 Å². The number of aliphatic hydroxyl groups excluding tert-OH is 1. The number of anilines is 1. The third-order valence-corrected chi connectivity index (χ3v) is 7.06. The van der Waals surface area contributed by atoms with Gasteiger partial charge < -0.3 is 14.7 Å². The maximum Gasteiger partial charge on any atom is 0.348 e. The normalized spacial score (nSPS) is 18.5. The smallest absolute Gasteiger partial charge is 0.348 e. The van der Waals surface area contributed by atoms with Crippen molar-refractivity contribution in [2.45, 2.75) is 76.9 Å². The second-order valence-corrected chi connectivity index (χ2v) is 9.40. The Kier molecular flexibility index (Phi) is 8.67. The SMILES string of the molecule is CCCCCCc1ccc(N2C(=O)CC(O)[C@@H]2CCCc2ccc(C(=O)OC)s2)cc1. The van der Waals surface area contributed by atoms with Gasteiger partial charge >= 0.3 is 5.97 Å². The molecule has 0 aliphatic carbocycles. The lowest BCUT2D eigenvalue weighted by Crippen LogP contribution is -2.37. The summed E-state index contributed by atoms with van der Waals surface area (Å²) in [5.74, 6) is -0.328. The zero-order chi connectivity index (χ0) is 22.2. The number of nitrogens with zero attached hydrogens (tertiary/aromatic N) is 1. The monoisotopic (exact) mass is 443 g/mol. The molecule has 1 aromatic carbocycles. The van der Waals surface area contributed by atoms with Gasteiger partial charge in [-0.1, -0.05) is 38.3 Å². The molecule has 1 fully saturated rings. The Morgan fingerprint density at radius 2 is 1.87 bits per heavy atom. The fourth-order valence-corrected chi connectivity index (χ4v) is 5.18. The second-order valence-electron chi connectivity index (χ2n) is 8.23. The van der Waals surface area contributed by atoms with E-state index in [4.69, 9.17) is 4.74 Å². The summed E-state index contributed by atoms with van der Waals surface area (Å²) in [5, 5.41) is 10.5. The Morgan fingerprint density at radius 3 is 2.58 bits per heavy atom. The molecule has 6 heteroatoms. The van der Waals surface area contributed by atoms with E-state index in [1.807, 2.05) is 18.2 Å². The minimum atomic E-state index is -0.643. The molecule has 2 aromatic rings. The molecule has 31 heavy (non-hydrogen) atoms. The van der Waals surface area contributed by atoms with Crippen LogP contribution < -0.4 is 4.90 Å². The van der Waals surface area contributed by atoms with Gasteiger partial charge in [0.2, 0.25) is 5.91 Å². The summed E-state index contributed by atoms with van der Waals surface area (Å²) in [6.07, 6.45) is 7.91. The van der Waals surface area contributed by atoms with Crippen LogP contribution in [0.25, 0.3) is 0 Å². The number of hydrogen-bond donors (Lipinski definition) is 1. The van der Waals surface area contributed by atoms with Crippen LogP contribution in [0.4, 0.5) is 5.69 Å². The third kappa shape index (κ3) is 6.17. The van der Waals surface area contributed by atoms with Gasteiger partial charge in [0.05, 0.1) is 25.7 Å². The van der Waals surface area contributed by atoms with Crippen molar-refractivity contribution in [2.24, 2.45) is 0 Å². The maximum atomic E-state index is 12.6. The van der Waals surface area contributed by atoms with Crippen molar-refractivity contribution in [3.63, 3.8) is 0 Å². The minimum Gasteiger partial charge on any atom is -0.465 e. The minimum absolute atomic E-state index is 0.0164. The molecule has 1 unspecified atom stereocenters. The average molecular weight is 444 g/mol. The first kappa shape index (κ1) is 23.5. The number of methoxy groups -OCH3 is 1. The number of esters is 1. The van der Waals surface area contributed by atoms with E-state index >= 15 is 0 Å². The molecule has 1 N–H and O–H groups in total. The Balaban J connectivity index is 1.57. The summed E-state index contributed by atoms with van der Waals surface area (Å²) >= 11 is 1.44. The standard InChI is InChI=1S/C25H33NO4S/c1-3-4-5-6-8-18-11-13-19(14-12-18)26-21(22(27)17-24(26)28)10-7-9-20-15-16-23(31-20)25(29)30-2/h11-16,21-22,27H,3-10,17H2,1-2H3/t21-,22?/m0/s1. The lowest BCUT2D eigenvalue weighted by molar-refractivity contribution is -0.117. The van der Waals surface area contributed by atoms with Crippen molar-refractivity contribution in [3.8, 4) is 0 Å². The van der Waals surface area contributed by atoms with Gasteiger partial charge in [-0.05, 0) is 61.9 Å². The number of carbonyl (C=O) groups excluding carboxylic acids is 2. The third-order valence-electron chi connectivity index (χ3n) is 5.93. The Hall–Kier alpha value is -2.18. The van der Waals surface area contributed by atoms with Crippen molar-refractivity contribution in [2.75, 3.05) is 12.0 Å². The highest BCUT2D eigenvalue weighted by atomic mass is 32.1. The molecule has 3 rings (SSSR count). The topological polar surface area (TPSA) is 66.8 Å². The van der Waals surface area contributed by atoms with Crippen LogP contribution in [-0.2, 0) is 22.4 Å². The van der Waals surface area contributed by atoms with Crippen LogP contribution in [0.15, 0.2) is 36.4 Å². The molecular formula is C25H33NO4S. The maximum absolute atomic E-state index is 12.6. The summed E-state index contributed by atoms with van der Waals surface area (Å²) in [7, 11) is 1.38. The number of aryl methyl sites for hydroxylation is 2. The molecule has 1 aliphatic heterocycles. The van der Waals surface area contributed by atoms with Gasteiger partial charge in [-0.3, -0.25) is 4.79 Å². The highest BCUT2D eigenvalue weighted by molar-refractivity contribution is 7.13. The molecule has 168 valence electrons. The molecule has 1 amide bonds. The van der Waals surface area contributed by atoms with Crippen LogP contribution in [0.1, 0.15) is 72.0 Å². The van der Waals surface area contributed by atoms with E-state index < -0.39 is 6.10 Å². The predicted molar refractivity (Wildman–Crippen MR) is 125 cm³/mol. The molecule has 0 spiro atoms. The van der Waals surface area contributed by atoms with Crippen molar-refractivity contribution >= 4 is 28.9 Å². The number of unbranched alkanes of at least 4 members (excludes halogenated alkanes) is 3. The largest absolute Gasteiger partial charge is 0.465 e. The molecular weight excluding hydrogens is 410 g/mol. The second kappa shape index (κ2) is 11.4. The molecule has 0 radical (unpaired) electrons. The number of rotatable bonds is 11. The quantitative estimate of drug-likeness (QED) is 0.385. The number of thiophene rings is 1. The van der Waals surface area contributed by atoms with E-state index in [1.54, 1.807) is 11.0 Å². The van der Waals surface area contributed by atoms with Crippen molar-refractivity contribution in [1.29, 1.82) is 0 Å². The van der Waals surface area contributed by atoms with Gasteiger partial charge in [0.25, 0.3) is 0 Å². The number of carbonyl (C=O) groups is 2. The van der Waals surface area contributed by atoms with E-state index in [9.17, 15) is 14.7 Å². The van der Waals surface area contributed by atoms with Crippen LogP contribution in [0.5, 0.6) is 0 Å². The lowest BCUT2D eigenvalue weighted by Gasteiger charge is -2.26. The van der Waals surface area contributed by atoms with E-state index in [0.717, 1.165) is 36.2 Å². The van der Waals surface area contributed by atoms with E-state index in [0.29, 0.717) is 4.88 Å². The molecule has 5 nitrogen and oxygen atoms in total. The Bertz CT molecular complexity index is 861. The molecule has 1 aromatic heterocycles. The van der Waals surface area contributed by atoms with Crippen LogP contribution >= 0.6 is 11.3 Å². The van der Waals surface area contributed by atoms with E-state index in [1.165, 1.54) is 49.7 Å². The number of amides is 1. The molecule has 2 atom stereocenters. The highest BCUT2D eigenvalue weighted by Crippen LogP contribution is 2.31. The first-order valence-electron chi connectivity index (χ1n) is 11.3. The first-order valence-corrected chi connectivity index (χ1v) is 12.1. The zero-order valence-electron chi connectivity index (χ0n) is 18.5. The lowest BCUT2D eigenvalue weighted by atomic mass is 10.0. The van der Waals surface area contributed by atoms with Gasteiger partial charge in [-0.25, -0.2) is 4.79 Å². The number of aliphatic hydroxyl groups is 1. The van der Waals surface area contributed by atoms with Gasteiger partial charge in [-0.15, -0.1) is 11.3 Å². The highest BCUT2D eigenvalue weighted by Gasteiger charge is 2.39. The van der Waals surface area contributed by atoms with Crippen molar-refractivity contribution in [1.82, 2.24) is 0 Å². The molecule has 1 aliphatic rings. The molecule has 0 bridgehead atoms. The van der Waals surface area contributed by atoms with Crippen LogP contribution in [0.3, 0.4) is 0 Å². The Morgan fingerprint density at radius 1 is 1.10 bits per heavy atom. The number of benzene rings is 1. The molecule has 0 saturated carbocycles. The summed E-state index contributed by atoms with van der Waals surface area (Å²) < 4.78 is 4.76. The summed E-state index contributed by atoms with van der Waals surface area (Å²) in [5.41, 5.74) is 2.16. The summed E-state index contributed by atoms with van der Waals surface area (Å²) in [6, 6.07) is 11.8. The van der Waals surface area contributed by atoms with Gasteiger partial charge in [0.1, 0.15) is 4.88 Å². The summed E-state index contributed by atoms with van der Waals surface area (Å²) in [6.45, 7) is 2.21. The Labute approximate surface area is 189 Å². The van der Waals surface area contributed by atoms with Crippen molar-refractivity contribution < 1.29 is 19.4 Å². The predicted octanol–water partition coefficient (Wildman–Crippen LogP) is 5.15. The van der Waals surface area contributed by atoms with Crippen LogP contribution in [-0.4, -0.2) is 36.2 Å². The van der Waals surface area contributed by atoms with Gasteiger partial charge in [-0.2, -0.15) is 0 Å². The molecule has 1 saturated heterocycles. The molecule has 2 heterocycles.